The SMILES string of the molecule is CNc1nc(COC(=N)N2CCC[C@@H]2C(F)(F)F)nc2c1C1(CCCC1)C(=O)N2c1cnc(N2CC(F)(F)C2)nc1. The minimum absolute atomic E-state index is 0.0473. The molecule has 2 aromatic heterocycles. The number of nitrogens with zero attached hydrogens (tertiary/aromatic N) is 7. The predicted molar refractivity (Wildman–Crippen MR) is 136 cm³/mol. The largest absolute Gasteiger partial charge is 0.457 e. The lowest BCUT2D eigenvalue weighted by Gasteiger charge is -2.38. The number of ether oxygens (including phenoxy) is 1. The number of carbonyl (C=O) groups excluding carboxylic acids is 1. The smallest absolute Gasteiger partial charge is 0.408 e. The van der Waals surface area contributed by atoms with Crippen molar-refractivity contribution in [2.45, 2.75) is 68.7 Å². The fraction of sp³-hybridized carbons (Fsp3) is 0.600. The average Bonchev–Trinajstić information content (AvgIpc) is 3.66. The first kappa shape index (κ1) is 27.3. The normalized spacial score (nSPS) is 22.7. The van der Waals surface area contributed by atoms with Gasteiger partial charge in [0, 0.05) is 13.6 Å². The number of aromatic nitrogens is 4. The Kier molecular flexibility index (Phi) is 6.41. The van der Waals surface area contributed by atoms with Gasteiger partial charge in [-0.1, -0.05) is 12.8 Å². The zero-order valence-corrected chi connectivity index (χ0v) is 22.1. The van der Waals surface area contributed by atoms with Crippen LogP contribution in [-0.2, 0) is 21.6 Å². The Balaban J connectivity index is 1.30. The molecule has 6 rings (SSSR count). The first-order valence-corrected chi connectivity index (χ1v) is 13.4. The molecule has 3 fully saturated rings. The van der Waals surface area contributed by atoms with Gasteiger partial charge in [0.25, 0.3) is 11.9 Å². The van der Waals surface area contributed by atoms with E-state index in [-0.39, 0.29) is 42.9 Å². The number of alkyl halides is 5. The summed E-state index contributed by atoms with van der Waals surface area (Å²) in [5.74, 6) is -2.20. The Bertz CT molecular complexity index is 1360. The lowest BCUT2D eigenvalue weighted by molar-refractivity contribution is -0.169. The van der Waals surface area contributed by atoms with Crippen molar-refractivity contribution in [1.82, 2.24) is 24.8 Å². The van der Waals surface area contributed by atoms with Crippen molar-refractivity contribution in [3.63, 3.8) is 0 Å². The molecule has 0 radical (unpaired) electrons. The summed E-state index contributed by atoms with van der Waals surface area (Å²) in [6, 6.07) is -2.41. The third-order valence-corrected chi connectivity index (χ3v) is 8.17. The summed E-state index contributed by atoms with van der Waals surface area (Å²) >= 11 is 0. The van der Waals surface area contributed by atoms with Crippen LogP contribution in [0.5, 0.6) is 0 Å². The van der Waals surface area contributed by atoms with Crippen molar-refractivity contribution < 1.29 is 31.5 Å². The van der Waals surface area contributed by atoms with Crippen LogP contribution in [0, 0.1) is 5.41 Å². The highest BCUT2D eigenvalue weighted by molar-refractivity contribution is 6.13. The minimum atomic E-state index is -4.49. The van der Waals surface area contributed by atoms with Crippen LogP contribution in [0.2, 0.25) is 0 Å². The summed E-state index contributed by atoms with van der Waals surface area (Å²) in [6.07, 6.45) is 1.23. The molecule has 2 saturated heterocycles. The van der Waals surface area contributed by atoms with Crippen LogP contribution in [0.3, 0.4) is 0 Å². The number of anilines is 4. The van der Waals surface area contributed by atoms with E-state index in [0.29, 0.717) is 29.9 Å². The molecule has 1 spiro atoms. The van der Waals surface area contributed by atoms with Gasteiger partial charge >= 0.3 is 6.18 Å². The second-order valence-corrected chi connectivity index (χ2v) is 10.8. The van der Waals surface area contributed by atoms with Crippen LogP contribution in [0.4, 0.5) is 45.2 Å². The monoisotopic (exact) mass is 581 g/mol. The molecule has 1 atom stereocenters. The zero-order chi connectivity index (χ0) is 29.2. The number of likely N-dealkylation sites (tertiary alicyclic amines) is 1. The van der Waals surface area contributed by atoms with Gasteiger partial charge in [-0.2, -0.15) is 13.2 Å². The van der Waals surface area contributed by atoms with Crippen molar-refractivity contribution in [2.75, 3.05) is 41.8 Å². The maximum Gasteiger partial charge on any atom is 0.408 e. The molecule has 16 heteroatoms. The zero-order valence-electron chi connectivity index (χ0n) is 22.1. The molecule has 0 unspecified atom stereocenters. The molecular weight excluding hydrogens is 553 g/mol. The standard InChI is InChI=1S/C25H28F5N9O2/c1-32-18-17-19(36-16(35-18)11-41-21(31)38-8-4-5-15(38)25(28,29)30)39(20(40)23(17)6-2-3-7-23)14-9-33-22(34-10-14)37-12-24(26,27)13-37/h9-10,15,31H,2-8,11-13H2,1H3,(H,32,35,36)/t15-/m1/s1. The average molecular weight is 582 g/mol. The Morgan fingerprint density at radius 1 is 1.15 bits per heavy atom. The molecule has 1 aliphatic carbocycles. The second-order valence-electron chi connectivity index (χ2n) is 10.8. The molecule has 220 valence electrons. The van der Waals surface area contributed by atoms with Crippen LogP contribution in [-0.4, -0.2) is 81.6 Å². The lowest BCUT2D eigenvalue weighted by Crippen LogP contribution is -2.57. The molecule has 1 amide bonds. The molecule has 2 aromatic rings. The molecule has 41 heavy (non-hydrogen) atoms. The lowest BCUT2D eigenvalue weighted by atomic mass is 9.80. The number of amides is 1. The highest BCUT2D eigenvalue weighted by Gasteiger charge is 2.56. The molecule has 0 bridgehead atoms. The van der Waals surface area contributed by atoms with Crippen molar-refractivity contribution in [1.29, 1.82) is 5.41 Å². The number of amidine groups is 1. The van der Waals surface area contributed by atoms with E-state index in [1.807, 2.05) is 0 Å². The molecular formula is C25H28F5N9O2. The van der Waals surface area contributed by atoms with E-state index in [4.69, 9.17) is 10.1 Å². The third-order valence-electron chi connectivity index (χ3n) is 8.17. The van der Waals surface area contributed by atoms with Gasteiger partial charge < -0.3 is 19.9 Å². The van der Waals surface area contributed by atoms with E-state index in [1.165, 1.54) is 22.2 Å². The Morgan fingerprint density at radius 2 is 1.83 bits per heavy atom. The fourth-order valence-electron chi connectivity index (χ4n) is 6.25. The van der Waals surface area contributed by atoms with Gasteiger partial charge in [-0.15, -0.1) is 0 Å². The second kappa shape index (κ2) is 9.62. The van der Waals surface area contributed by atoms with Crippen LogP contribution in [0.15, 0.2) is 12.4 Å². The van der Waals surface area contributed by atoms with Gasteiger partial charge in [-0.25, -0.2) is 28.7 Å². The number of hydrogen-bond donors (Lipinski definition) is 2. The predicted octanol–water partition coefficient (Wildman–Crippen LogP) is 3.73. The third kappa shape index (κ3) is 4.56. The van der Waals surface area contributed by atoms with Gasteiger partial charge in [0.2, 0.25) is 11.9 Å². The molecule has 0 aromatic carbocycles. The van der Waals surface area contributed by atoms with Gasteiger partial charge in [-0.05, 0) is 25.7 Å². The first-order chi connectivity index (χ1) is 19.4. The molecule has 4 aliphatic rings. The van der Waals surface area contributed by atoms with Crippen molar-refractivity contribution in [3.05, 3.63) is 23.8 Å². The Labute approximate surface area is 231 Å². The summed E-state index contributed by atoms with van der Waals surface area (Å²) < 4.78 is 72.2. The molecule has 11 nitrogen and oxygen atoms in total. The number of halogens is 5. The molecule has 5 heterocycles. The van der Waals surface area contributed by atoms with Crippen LogP contribution in [0.25, 0.3) is 0 Å². The van der Waals surface area contributed by atoms with E-state index >= 15 is 0 Å². The van der Waals surface area contributed by atoms with Gasteiger partial charge in [0.15, 0.2) is 12.4 Å². The Morgan fingerprint density at radius 3 is 2.44 bits per heavy atom. The maximum atomic E-state index is 14.0. The van der Waals surface area contributed by atoms with Gasteiger partial charge in [-0.3, -0.25) is 15.1 Å². The highest BCUT2D eigenvalue weighted by Crippen LogP contribution is 2.54. The summed E-state index contributed by atoms with van der Waals surface area (Å²) in [5.41, 5.74) is 0.0129. The fourth-order valence-corrected chi connectivity index (χ4v) is 6.25. The van der Waals surface area contributed by atoms with E-state index in [0.717, 1.165) is 17.7 Å². The van der Waals surface area contributed by atoms with Crippen LogP contribution < -0.4 is 15.1 Å². The van der Waals surface area contributed by atoms with Crippen molar-refractivity contribution >= 4 is 35.2 Å². The summed E-state index contributed by atoms with van der Waals surface area (Å²) in [4.78, 5) is 35.1. The number of nitrogens with one attached hydrogen (secondary N) is 2. The number of hydrogen-bond acceptors (Lipinski definition) is 9. The van der Waals surface area contributed by atoms with Crippen molar-refractivity contribution in [3.8, 4) is 0 Å². The number of rotatable bonds is 5. The van der Waals surface area contributed by atoms with E-state index < -0.39 is 49.3 Å². The first-order valence-electron chi connectivity index (χ1n) is 13.4. The van der Waals surface area contributed by atoms with Gasteiger partial charge in [0.1, 0.15) is 17.7 Å². The molecule has 1 saturated carbocycles. The number of carbonyl (C=O) groups is 1. The molecule has 3 aliphatic heterocycles. The van der Waals surface area contributed by atoms with E-state index in [1.54, 1.807) is 7.05 Å². The number of fused-ring (bicyclic) bond motifs is 2. The summed E-state index contributed by atoms with van der Waals surface area (Å²) in [6.45, 7) is -1.32. The quantitative estimate of drug-likeness (QED) is 0.309. The Hall–Kier alpha value is -3.85. The summed E-state index contributed by atoms with van der Waals surface area (Å²) in [5, 5.41) is 11.2. The van der Waals surface area contributed by atoms with E-state index in [9.17, 15) is 26.7 Å². The van der Waals surface area contributed by atoms with Crippen LogP contribution in [0.1, 0.15) is 49.9 Å². The summed E-state index contributed by atoms with van der Waals surface area (Å²) in [7, 11) is 1.64. The maximum absolute atomic E-state index is 14.0. The van der Waals surface area contributed by atoms with Gasteiger partial charge in [0.05, 0.1) is 42.1 Å². The highest BCUT2D eigenvalue weighted by atomic mass is 19.4. The topological polar surface area (TPSA) is 123 Å². The minimum Gasteiger partial charge on any atom is -0.457 e. The van der Waals surface area contributed by atoms with Crippen molar-refractivity contribution in [2.24, 2.45) is 0 Å². The van der Waals surface area contributed by atoms with Crippen LogP contribution >= 0.6 is 0 Å². The van der Waals surface area contributed by atoms with E-state index in [2.05, 4.69) is 25.3 Å². The molecule has 2 N–H and O–H groups in total.